The monoisotopic (exact) mass is 543 g/mol. The smallest absolute Gasteiger partial charge is 0.422 e. The van der Waals surface area contributed by atoms with Crippen molar-refractivity contribution >= 4 is 29.9 Å². The summed E-state index contributed by atoms with van der Waals surface area (Å²) in [5.74, 6) is 0.909. The van der Waals surface area contributed by atoms with E-state index in [0.29, 0.717) is 12.5 Å². The molecule has 2 N–H and O–H groups in total. The molecule has 1 fully saturated rings. The minimum absolute atomic E-state index is 0. The molecule has 1 aromatic carbocycles. The van der Waals surface area contributed by atoms with Gasteiger partial charge in [0.25, 0.3) is 0 Å². The van der Waals surface area contributed by atoms with Crippen molar-refractivity contribution in [3.8, 4) is 5.75 Å². The zero-order valence-electron chi connectivity index (χ0n) is 17.7. The van der Waals surface area contributed by atoms with Gasteiger partial charge >= 0.3 is 6.18 Å². The van der Waals surface area contributed by atoms with Crippen LogP contribution in [0.4, 0.5) is 13.2 Å². The summed E-state index contributed by atoms with van der Waals surface area (Å²) in [6.45, 7) is 5.70. The molecule has 1 heterocycles. The highest BCUT2D eigenvalue weighted by molar-refractivity contribution is 14.0. The Kier molecular flexibility index (Phi) is 12.4. The summed E-state index contributed by atoms with van der Waals surface area (Å²) >= 11 is 0. The first-order chi connectivity index (χ1) is 13.9. The van der Waals surface area contributed by atoms with Gasteiger partial charge in [0.1, 0.15) is 5.75 Å². The minimum atomic E-state index is -4.33. The molecule has 0 bridgehead atoms. The number of guanidine groups is 1. The summed E-state index contributed by atoms with van der Waals surface area (Å²) in [7, 11) is 3.89. The highest BCUT2D eigenvalue weighted by atomic mass is 127. The molecule has 0 atom stereocenters. The van der Waals surface area contributed by atoms with Crippen LogP contribution in [0, 0.1) is 0 Å². The average Bonchev–Trinajstić information content (AvgIpc) is 2.90. The number of halogens is 4. The number of aliphatic imine (C=N–C) groups is 1. The lowest BCUT2D eigenvalue weighted by atomic mass is 10.2. The van der Waals surface area contributed by atoms with Gasteiger partial charge in [0.05, 0.1) is 0 Å². The largest absolute Gasteiger partial charge is 0.484 e. The van der Waals surface area contributed by atoms with E-state index in [-0.39, 0.29) is 29.7 Å². The van der Waals surface area contributed by atoms with Crippen molar-refractivity contribution in [3.05, 3.63) is 29.8 Å². The molecule has 2 rings (SSSR count). The standard InChI is InChI=1S/C20H32F3N5O.HI/c1-24-19(25-9-3-11-28-12-4-10-27(2)13-14-28)26-15-17-5-7-18(8-6-17)29-16-20(21,22)23;/h5-8H,3-4,9-16H2,1-2H3,(H2,24,25,26);1H. The lowest BCUT2D eigenvalue weighted by Gasteiger charge is -2.20. The first kappa shape index (κ1) is 26.8. The number of nitrogens with one attached hydrogen (secondary N) is 2. The van der Waals surface area contributed by atoms with Gasteiger partial charge in [-0.1, -0.05) is 12.1 Å². The Balaban J connectivity index is 0.00000450. The van der Waals surface area contributed by atoms with Crippen LogP contribution < -0.4 is 15.4 Å². The predicted octanol–water partition coefficient (Wildman–Crippen LogP) is 2.94. The summed E-state index contributed by atoms with van der Waals surface area (Å²) in [4.78, 5) is 9.09. The van der Waals surface area contributed by atoms with E-state index in [1.165, 1.54) is 25.1 Å². The Morgan fingerprint density at radius 3 is 2.50 bits per heavy atom. The van der Waals surface area contributed by atoms with Crippen molar-refractivity contribution in [1.29, 1.82) is 0 Å². The number of ether oxygens (including phenoxy) is 1. The van der Waals surface area contributed by atoms with Crippen LogP contribution in [0.15, 0.2) is 29.3 Å². The van der Waals surface area contributed by atoms with Crippen molar-refractivity contribution in [1.82, 2.24) is 20.4 Å². The van der Waals surface area contributed by atoms with Crippen LogP contribution in [-0.2, 0) is 6.54 Å². The third-order valence-corrected chi connectivity index (χ3v) is 4.77. The van der Waals surface area contributed by atoms with Crippen molar-refractivity contribution in [3.63, 3.8) is 0 Å². The van der Waals surface area contributed by atoms with Gasteiger partial charge in [0.15, 0.2) is 12.6 Å². The highest BCUT2D eigenvalue weighted by Crippen LogP contribution is 2.18. The number of likely N-dealkylation sites (N-methyl/N-ethyl adjacent to an activating group) is 1. The Morgan fingerprint density at radius 2 is 1.83 bits per heavy atom. The molecule has 6 nitrogen and oxygen atoms in total. The van der Waals surface area contributed by atoms with Gasteiger partial charge in [0, 0.05) is 33.2 Å². The number of hydrogen-bond acceptors (Lipinski definition) is 4. The van der Waals surface area contributed by atoms with Crippen molar-refractivity contribution < 1.29 is 17.9 Å². The van der Waals surface area contributed by atoms with Crippen LogP contribution in [-0.4, -0.2) is 81.9 Å². The quantitative estimate of drug-likeness (QED) is 0.229. The number of hydrogen-bond donors (Lipinski definition) is 2. The summed E-state index contributed by atoms with van der Waals surface area (Å²) in [6.07, 6.45) is -2.08. The fourth-order valence-corrected chi connectivity index (χ4v) is 3.11. The molecule has 0 amide bonds. The molecule has 172 valence electrons. The maximum absolute atomic E-state index is 12.2. The van der Waals surface area contributed by atoms with Gasteiger partial charge in [-0.2, -0.15) is 13.2 Å². The third kappa shape index (κ3) is 11.2. The Hall–Kier alpha value is -1.27. The Bertz CT molecular complexity index is 628. The van der Waals surface area contributed by atoms with Gasteiger partial charge < -0.3 is 25.2 Å². The van der Waals surface area contributed by atoms with E-state index in [4.69, 9.17) is 4.74 Å². The zero-order chi connectivity index (χ0) is 21.1. The predicted molar refractivity (Wildman–Crippen MR) is 125 cm³/mol. The molecule has 0 aliphatic carbocycles. The Labute approximate surface area is 194 Å². The molecule has 1 saturated heterocycles. The SMILES string of the molecule is CN=C(NCCCN1CCCN(C)CC1)NCc1ccc(OCC(F)(F)F)cc1.I. The van der Waals surface area contributed by atoms with E-state index in [1.54, 1.807) is 19.2 Å². The lowest BCUT2D eigenvalue weighted by Crippen LogP contribution is -2.38. The molecule has 1 aliphatic rings. The fraction of sp³-hybridized carbons (Fsp3) is 0.650. The van der Waals surface area contributed by atoms with Crippen LogP contribution in [0.2, 0.25) is 0 Å². The Morgan fingerprint density at radius 1 is 1.10 bits per heavy atom. The molecule has 0 spiro atoms. The van der Waals surface area contributed by atoms with E-state index < -0.39 is 12.8 Å². The van der Waals surface area contributed by atoms with Gasteiger partial charge in [-0.05, 0) is 57.2 Å². The van der Waals surface area contributed by atoms with Crippen LogP contribution in [0.25, 0.3) is 0 Å². The van der Waals surface area contributed by atoms with Gasteiger partial charge in [-0.15, -0.1) is 24.0 Å². The molecular formula is C20H33F3IN5O. The second-order valence-electron chi connectivity index (χ2n) is 7.25. The summed E-state index contributed by atoms with van der Waals surface area (Å²) in [5, 5.41) is 6.52. The van der Waals surface area contributed by atoms with Gasteiger partial charge in [-0.25, -0.2) is 0 Å². The van der Waals surface area contributed by atoms with Crippen LogP contribution >= 0.6 is 24.0 Å². The number of alkyl halides is 3. The third-order valence-electron chi connectivity index (χ3n) is 4.77. The van der Waals surface area contributed by atoms with E-state index in [0.717, 1.165) is 44.7 Å². The molecule has 1 aromatic rings. The number of rotatable bonds is 8. The van der Waals surface area contributed by atoms with E-state index >= 15 is 0 Å². The zero-order valence-corrected chi connectivity index (χ0v) is 20.0. The van der Waals surface area contributed by atoms with Crippen LogP contribution in [0.5, 0.6) is 5.75 Å². The van der Waals surface area contributed by atoms with E-state index in [2.05, 4.69) is 32.5 Å². The molecule has 30 heavy (non-hydrogen) atoms. The molecule has 0 saturated carbocycles. The van der Waals surface area contributed by atoms with Crippen molar-refractivity contribution in [2.45, 2.75) is 25.6 Å². The van der Waals surface area contributed by atoms with Crippen molar-refractivity contribution in [2.24, 2.45) is 4.99 Å². The van der Waals surface area contributed by atoms with Gasteiger partial charge in [0.2, 0.25) is 0 Å². The highest BCUT2D eigenvalue weighted by Gasteiger charge is 2.28. The maximum Gasteiger partial charge on any atom is 0.422 e. The molecule has 0 aromatic heterocycles. The average molecular weight is 543 g/mol. The van der Waals surface area contributed by atoms with Crippen molar-refractivity contribution in [2.75, 3.05) is 60.0 Å². The molecule has 1 aliphatic heterocycles. The van der Waals surface area contributed by atoms with Crippen LogP contribution in [0.3, 0.4) is 0 Å². The fourth-order valence-electron chi connectivity index (χ4n) is 3.11. The molecule has 10 heteroatoms. The first-order valence-electron chi connectivity index (χ1n) is 9.99. The van der Waals surface area contributed by atoms with Crippen LogP contribution in [0.1, 0.15) is 18.4 Å². The number of nitrogens with zero attached hydrogens (tertiary/aromatic N) is 3. The minimum Gasteiger partial charge on any atom is -0.484 e. The lowest BCUT2D eigenvalue weighted by molar-refractivity contribution is -0.153. The summed E-state index contributed by atoms with van der Waals surface area (Å²) in [6, 6.07) is 6.56. The summed E-state index contributed by atoms with van der Waals surface area (Å²) in [5.41, 5.74) is 0.931. The second kappa shape index (κ2) is 13.9. The summed E-state index contributed by atoms with van der Waals surface area (Å²) < 4.78 is 41.2. The van der Waals surface area contributed by atoms with Gasteiger partial charge in [-0.3, -0.25) is 4.99 Å². The molecule has 0 unspecified atom stereocenters. The van der Waals surface area contributed by atoms with E-state index in [1.807, 2.05) is 0 Å². The molecular weight excluding hydrogens is 510 g/mol. The second-order valence-corrected chi connectivity index (χ2v) is 7.25. The van der Waals surface area contributed by atoms with E-state index in [9.17, 15) is 13.2 Å². The topological polar surface area (TPSA) is 52.1 Å². The molecule has 0 radical (unpaired) electrons. The normalized spacial score (nSPS) is 16.5. The maximum atomic E-state index is 12.2. The number of benzene rings is 1. The first-order valence-corrected chi connectivity index (χ1v) is 9.99.